The molecule has 4 nitrogen and oxygen atoms in total. The smallest absolute Gasteiger partial charge is 0.348 e. The van der Waals surface area contributed by atoms with Gasteiger partial charge in [0.1, 0.15) is 5.39 Å². The normalized spacial score (nSPS) is 10.9. The molecule has 2 aromatic heterocycles. The van der Waals surface area contributed by atoms with Crippen molar-refractivity contribution in [2.24, 2.45) is 0 Å². The molecule has 0 aliphatic rings. The zero-order valence-electron chi connectivity index (χ0n) is 9.00. The Balaban J connectivity index is 2.91. The molecule has 2 heterocycles. The molecule has 2 rings (SSSR count). The Morgan fingerprint density at radius 2 is 2.07 bits per heavy atom. The Kier molecular flexibility index (Phi) is 2.26. The van der Waals surface area contributed by atoms with Crippen molar-refractivity contribution in [1.82, 2.24) is 9.97 Å². The summed E-state index contributed by atoms with van der Waals surface area (Å²) in [5.74, 6) is 0.435. The lowest BCUT2D eigenvalue weighted by Crippen LogP contribution is -2.08. The van der Waals surface area contributed by atoms with Gasteiger partial charge in [0.2, 0.25) is 0 Å². The maximum absolute atomic E-state index is 11.6. The van der Waals surface area contributed by atoms with Crippen LogP contribution in [0.3, 0.4) is 0 Å². The largest absolute Gasteiger partial charge is 0.408 e. The van der Waals surface area contributed by atoms with E-state index in [1.807, 2.05) is 26.8 Å². The van der Waals surface area contributed by atoms with Gasteiger partial charge in [-0.3, -0.25) is 0 Å². The van der Waals surface area contributed by atoms with Crippen molar-refractivity contribution in [1.29, 1.82) is 0 Å². The minimum atomic E-state index is -0.346. The van der Waals surface area contributed by atoms with Crippen LogP contribution in [-0.4, -0.2) is 9.97 Å². The van der Waals surface area contributed by atoms with Gasteiger partial charge in [-0.25, -0.2) is 9.78 Å². The molecule has 0 aliphatic heterocycles. The quantitative estimate of drug-likeness (QED) is 0.710. The monoisotopic (exact) mass is 204 g/mol. The molecule has 15 heavy (non-hydrogen) atoms. The number of aromatic nitrogens is 2. The summed E-state index contributed by atoms with van der Waals surface area (Å²) in [7, 11) is 0. The Bertz CT molecular complexity index is 573. The van der Waals surface area contributed by atoms with E-state index < -0.39 is 0 Å². The van der Waals surface area contributed by atoms with E-state index in [4.69, 9.17) is 4.42 Å². The topological polar surface area (TPSA) is 56.0 Å². The summed E-state index contributed by atoms with van der Waals surface area (Å²) in [4.78, 5) is 20.1. The van der Waals surface area contributed by atoms with Crippen LogP contribution in [0.2, 0.25) is 0 Å². The van der Waals surface area contributed by atoms with E-state index in [1.54, 1.807) is 0 Å². The third kappa shape index (κ3) is 1.63. The van der Waals surface area contributed by atoms with Crippen LogP contribution in [0.5, 0.6) is 0 Å². The minimum Gasteiger partial charge on any atom is -0.408 e. The molecule has 4 heteroatoms. The molecule has 0 N–H and O–H groups in total. The van der Waals surface area contributed by atoms with Crippen LogP contribution in [0.15, 0.2) is 15.3 Å². The first-order valence-electron chi connectivity index (χ1n) is 4.89. The molecule has 0 fully saturated rings. The molecule has 78 valence electrons. The zero-order chi connectivity index (χ0) is 11.0. The maximum atomic E-state index is 11.6. The van der Waals surface area contributed by atoms with Crippen LogP contribution >= 0.6 is 0 Å². The first kappa shape index (κ1) is 9.83. The number of pyridine rings is 1. The van der Waals surface area contributed by atoms with Gasteiger partial charge in [-0.2, -0.15) is 4.98 Å². The van der Waals surface area contributed by atoms with E-state index in [-0.39, 0.29) is 5.63 Å². The summed E-state index contributed by atoms with van der Waals surface area (Å²) in [6, 6.07) is 1.85. The second kappa shape index (κ2) is 3.46. The molecule has 0 radical (unpaired) electrons. The van der Waals surface area contributed by atoms with Gasteiger partial charge in [-0.05, 0) is 25.5 Å². The van der Waals surface area contributed by atoms with E-state index in [2.05, 4.69) is 9.97 Å². The van der Waals surface area contributed by atoms with Crippen molar-refractivity contribution in [2.75, 3.05) is 0 Å². The van der Waals surface area contributed by atoms with Gasteiger partial charge >= 0.3 is 5.63 Å². The van der Waals surface area contributed by atoms with Gasteiger partial charge in [0.25, 0.3) is 0 Å². The number of nitrogens with zero attached hydrogens (tertiary/aromatic N) is 2. The van der Waals surface area contributed by atoms with Gasteiger partial charge in [-0.15, -0.1) is 0 Å². The summed E-state index contributed by atoms with van der Waals surface area (Å²) < 4.78 is 5.05. The Morgan fingerprint density at radius 3 is 2.73 bits per heavy atom. The molecule has 0 aliphatic carbocycles. The Morgan fingerprint density at radius 1 is 1.33 bits per heavy atom. The fraction of sp³-hybridized carbons (Fsp3) is 0.364. The molecule has 0 saturated heterocycles. The van der Waals surface area contributed by atoms with Crippen LogP contribution in [0.4, 0.5) is 0 Å². The van der Waals surface area contributed by atoms with E-state index in [0.29, 0.717) is 23.3 Å². The minimum absolute atomic E-state index is 0.346. The third-order valence-corrected chi connectivity index (χ3v) is 2.27. The summed E-state index contributed by atoms with van der Waals surface area (Å²) in [5, 5.41) is 0.484. The van der Waals surface area contributed by atoms with E-state index in [1.165, 1.54) is 0 Å². The highest BCUT2D eigenvalue weighted by Gasteiger charge is 2.09. The summed E-state index contributed by atoms with van der Waals surface area (Å²) in [6.45, 7) is 5.63. The van der Waals surface area contributed by atoms with Crippen molar-refractivity contribution >= 4 is 11.0 Å². The van der Waals surface area contributed by atoms with Crippen LogP contribution in [0.1, 0.15) is 24.1 Å². The molecule has 0 amide bonds. The molecule has 0 aromatic carbocycles. The standard InChI is InChI=1S/C11H12N2O2/c1-4-8-13-10-9(11(14)15-8)6(2)5-7(3)12-10/h5H,4H2,1-3H3. The molecule has 0 unspecified atom stereocenters. The first-order valence-corrected chi connectivity index (χ1v) is 4.89. The van der Waals surface area contributed by atoms with E-state index in [9.17, 15) is 4.79 Å². The molecule has 0 saturated carbocycles. The van der Waals surface area contributed by atoms with Gasteiger partial charge in [0.15, 0.2) is 11.5 Å². The molecule has 0 atom stereocenters. The number of hydrogen-bond acceptors (Lipinski definition) is 4. The van der Waals surface area contributed by atoms with Crippen molar-refractivity contribution in [3.63, 3.8) is 0 Å². The summed E-state index contributed by atoms with van der Waals surface area (Å²) in [6.07, 6.45) is 0.597. The van der Waals surface area contributed by atoms with Crippen molar-refractivity contribution in [2.45, 2.75) is 27.2 Å². The third-order valence-electron chi connectivity index (χ3n) is 2.27. The molecule has 0 bridgehead atoms. The first-order chi connectivity index (χ1) is 7.11. The Labute approximate surface area is 87.0 Å². The van der Waals surface area contributed by atoms with Crippen LogP contribution in [-0.2, 0) is 6.42 Å². The number of fused-ring (bicyclic) bond motifs is 1. The molecule has 0 spiro atoms. The predicted octanol–water partition coefficient (Wildman–Crippen LogP) is 1.76. The van der Waals surface area contributed by atoms with Crippen LogP contribution in [0, 0.1) is 13.8 Å². The SMILES string of the molecule is CCc1nc2nc(C)cc(C)c2c(=O)o1. The highest BCUT2D eigenvalue weighted by atomic mass is 16.4. The van der Waals surface area contributed by atoms with Crippen molar-refractivity contribution in [3.05, 3.63) is 33.6 Å². The lowest BCUT2D eigenvalue weighted by molar-refractivity contribution is 0.449. The lowest BCUT2D eigenvalue weighted by atomic mass is 10.2. The molecular weight excluding hydrogens is 192 g/mol. The summed E-state index contributed by atoms with van der Waals surface area (Å²) >= 11 is 0. The highest BCUT2D eigenvalue weighted by Crippen LogP contribution is 2.12. The zero-order valence-corrected chi connectivity index (χ0v) is 9.00. The fourth-order valence-corrected chi connectivity index (χ4v) is 1.60. The second-order valence-electron chi connectivity index (χ2n) is 3.53. The summed E-state index contributed by atoms with van der Waals surface area (Å²) in [5.41, 5.74) is 1.86. The second-order valence-corrected chi connectivity index (χ2v) is 3.53. The fourth-order valence-electron chi connectivity index (χ4n) is 1.60. The number of rotatable bonds is 1. The highest BCUT2D eigenvalue weighted by molar-refractivity contribution is 5.76. The number of aryl methyl sites for hydroxylation is 3. The number of hydrogen-bond donors (Lipinski definition) is 0. The Hall–Kier alpha value is -1.71. The predicted molar refractivity (Wildman–Crippen MR) is 56.9 cm³/mol. The average Bonchev–Trinajstić information content (AvgIpc) is 2.15. The van der Waals surface area contributed by atoms with Crippen molar-refractivity contribution < 1.29 is 4.42 Å². The van der Waals surface area contributed by atoms with Crippen LogP contribution < -0.4 is 5.63 Å². The van der Waals surface area contributed by atoms with Crippen molar-refractivity contribution in [3.8, 4) is 0 Å². The molecule has 2 aromatic rings. The molecular formula is C11H12N2O2. The van der Waals surface area contributed by atoms with Crippen LogP contribution in [0.25, 0.3) is 11.0 Å². The van der Waals surface area contributed by atoms with E-state index >= 15 is 0 Å². The van der Waals surface area contributed by atoms with Gasteiger partial charge in [0.05, 0.1) is 0 Å². The lowest BCUT2D eigenvalue weighted by Gasteiger charge is -2.02. The van der Waals surface area contributed by atoms with Gasteiger partial charge < -0.3 is 4.42 Å². The van der Waals surface area contributed by atoms with Gasteiger partial charge in [-0.1, -0.05) is 6.92 Å². The van der Waals surface area contributed by atoms with Gasteiger partial charge in [0, 0.05) is 12.1 Å². The maximum Gasteiger partial charge on any atom is 0.348 e. The average molecular weight is 204 g/mol. The van der Waals surface area contributed by atoms with E-state index in [0.717, 1.165) is 11.3 Å².